The first-order valence-electron chi connectivity index (χ1n) is 6.44. The van der Waals surface area contributed by atoms with E-state index in [1.54, 1.807) is 23.1 Å². The van der Waals surface area contributed by atoms with Gasteiger partial charge in [0, 0.05) is 17.6 Å². The Morgan fingerprint density at radius 1 is 1.35 bits per heavy atom. The molecule has 1 heterocycles. The minimum absolute atomic E-state index is 0.173. The summed E-state index contributed by atoms with van der Waals surface area (Å²) >= 11 is 5.80. The average Bonchev–Trinajstić information content (AvgIpc) is 2.95. The number of rotatable bonds is 3. The lowest BCUT2D eigenvalue weighted by molar-refractivity contribution is -0.149. The number of ether oxygens (including phenoxy) is 1. The first kappa shape index (κ1) is 14.6. The van der Waals surface area contributed by atoms with E-state index < -0.39 is 6.04 Å². The molecule has 0 aromatic heterocycles. The van der Waals surface area contributed by atoms with Gasteiger partial charge in [0.05, 0.1) is 7.11 Å². The van der Waals surface area contributed by atoms with Crippen LogP contribution in [0.2, 0.25) is 5.02 Å². The summed E-state index contributed by atoms with van der Waals surface area (Å²) in [4.78, 5) is 25.3. The van der Waals surface area contributed by atoms with E-state index in [1.807, 2.05) is 12.1 Å². The van der Waals surface area contributed by atoms with Crippen molar-refractivity contribution in [2.75, 3.05) is 13.7 Å². The van der Waals surface area contributed by atoms with Crippen LogP contribution in [0.3, 0.4) is 0 Å². The van der Waals surface area contributed by atoms with Crippen molar-refractivity contribution < 1.29 is 14.3 Å². The molecule has 0 bridgehead atoms. The van der Waals surface area contributed by atoms with E-state index in [1.165, 1.54) is 13.2 Å². The van der Waals surface area contributed by atoms with Crippen LogP contribution in [0.4, 0.5) is 0 Å². The van der Waals surface area contributed by atoms with Crippen molar-refractivity contribution in [1.29, 1.82) is 0 Å². The summed E-state index contributed by atoms with van der Waals surface area (Å²) in [5, 5.41) is 0.652. The maximum absolute atomic E-state index is 12.1. The monoisotopic (exact) mass is 293 g/mol. The van der Waals surface area contributed by atoms with Crippen molar-refractivity contribution in [3.05, 3.63) is 40.9 Å². The summed E-state index contributed by atoms with van der Waals surface area (Å²) in [6.45, 7) is 0.587. The van der Waals surface area contributed by atoms with Crippen LogP contribution in [0.5, 0.6) is 0 Å². The Bertz CT molecular complexity index is 524. The summed E-state index contributed by atoms with van der Waals surface area (Å²) in [5.74, 6) is -0.524. The lowest BCUT2D eigenvalue weighted by Gasteiger charge is -2.20. The SMILES string of the molecule is COC(=O)C1CCCN1C(=O)/C=C/c1ccc(Cl)cc1. The zero-order chi connectivity index (χ0) is 14.5. The zero-order valence-corrected chi connectivity index (χ0v) is 12.0. The van der Waals surface area contributed by atoms with E-state index in [-0.39, 0.29) is 11.9 Å². The van der Waals surface area contributed by atoms with Gasteiger partial charge in [-0.15, -0.1) is 0 Å². The minimum atomic E-state index is -0.456. The quantitative estimate of drug-likeness (QED) is 0.635. The Hall–Kier alpha value is -1.81. The molecule has 0 spiro atoms. The number of nitrogens with zero attached hydrogens (tertiary/aromatic N) is 1. The number of methoxy groups -OCH3 is 1. The van der Waals surface area contributed by atoms with Gasteiger partial charge in [0.2, 0.25) is 5.91 Å². The van der Waals surface area contributed by atoms with Crippen LogP contribution in [0.25, 0.3) is 6.08 Å². The molecular weight excluding hydrogens is 278 g/mol. The van der Waals surface area contributed by atoms with Gasteiger partial charge in [-0.05, 0) is 36.6 Å². The highest BCUT2D eigenvalue weighted by atomic mass is 35.5. The van der Waals surface area contributed by atoms with Gasteiger partial charge < -0.3 is 9.64 Å². The smallest absolute Gasteiger partial charge is 0.328 e. The molecule has 1 aliphatic heterocycles. The standard InChI is InChI=1S/C15H16ClNO3/c1-20-15(19)13-3-2-10-17(13)14(18)9-6-11-4-7-12(16)8-5-11/h4-9,13H,2-3,10H2,1H3/b9-6+. The summed E-state index contributed by atoms with van der Waals surface area (Å²) in [6, 6.07) is 6.72. The molecule has 1 aromatic carbocycles. The van der Waals surface area contributed by atoms with Gasteiger partial charge in [0.15, 0.2) is 0 Å². The highest BCUT2D eigenvalue weighted by Gasteiger charge is 2.33. The van der Waals surface area contributed by atoms with Gasteiger partial charge in [-0.3, -0.25) is 4.79 Å². The van der Waals surface area contributed by atoms with Gasteiger partial charge in [-0.25, -0.2) is 4.79 Å². The number of benzene rings is 1. The molecule has 2 rings (SSSR count). The number of likely N-dealkylation sites (tertiary alicyclic amines) is 1. The fourth-order valence-corrected chi connectivity index (χ4v) is 2.37. The van der Waals surface area contributed by atoms with Crippen LogP contribution in [-0.2, 0) is 14.3 Å². The summed E-state index contributed by atoms with van der Waals surface area (Å²) in [7, 11) is 1.34. The maximum Gasteiger partial charge on any atom is 0.328 e. The van der Waals surface area contributed by atoms with Crippen molar-refractivity contribution in [1.82, 2.24) is 4.90 Å². The summed E-state index contributed by atoms with van der Waals surface area (Å²) < 4.78 is 4.72. The van der Waals surface area contributed by atoms with Crippen LogP contribution in [-0.4, -0.2) is 36.5 Å². The van der Waals surface area contributed by atoms with Crippen molar-refractivity contribution in [2.45, 2.75) is 18.9 Å². The molecular formula is C15H16ClNO3. The van der Waals surface area contributed by atoms with Gasteiger partial charge in [-0.2, -0.15) is 0 Å². The van der Waals surface area contributed by atoms with E-state index in [0.29, 0.717) is 18.0 Å². The number of hydrogen-bond acceptors (Lipinski definition) is 3. The molecule has 4 nitrogen and oxygen atoms in total. The second-order valence-electron chi connectivity index (χ2n) is 4.60. The highest BCUT2D eigenvalue weighted by molar-refractivity contribution is 6.30. The van der Waals surface area contributed by atoms with Gasteiger partial charge in [0.25, 0.3) is 0 Å². The third kappa shape index (κ3) is 3.39. The van der Waals surface area contributed by atoms with E-state index in [0.717, 1.165) is 12.0 Å². The molecule has 1 unspecified atom stereocenters. The number of hydrogen-bond donors (Lipinski definition) is 0. The molecule has 106 valence electrons. The van der Waals surface area contributed by atoms with Gasteiger partial charge >= 0.3 is 5.97 Å². The predicted octanol–water partition coefficient (Wildman–Crippen LogP) is 2.52. The number of carbonyl (C=O) groups excluding carboxylic acids is 2. The normalized spacial score (nSPS) is 18.5. The van der Waals surface area contributed by atoms with Gasteiger partial charge in [-0.1, -0.05) is 23.7 Å². The van der Waals surface area contributed by atoms with Crippen molar-refractivity contribution in [3.63, 3.8) is 0 Å². The second-order valence-corrected chi connectivity index (χ2v) is 5.03. The van der Waals surface area contributed by atoms with E-state index >= 15 is 0 Å². The number of amides is 1. The molecule has 0 N–H and O–H groups in total. The minimum Gasteiger partial charge on any atom is -0.467 e. The van der Waals surface area contributed by atoms with Crippen molar-refractivity contribution >= 4 is 29.6 Å². The molecule has 20 heavy (non-hydrogen) atoms. The largest absolute Gasteiger partial charge is 0.467 e. The van der Waals surface area contributed by atoms with Gasteiger partial charge in [0.1, 0.15) is 6.04 Å². The number of halogens is 1. The molecule has 1 fully saturated rings. The Balaban J connectivity index is 2.04. The second kappa shape index (κ2) is 6.57. The van der Waals surface area contributed by atoms with Crippen LogP contribution in [0.15, 0.2) is 30.3 Å². The van der Waals surface area contributed by atoms with Crippen molar-refractivity contribution in [3.8, 4) is 0 Å². The first-order valence-corrected chi connectivity index (χ1v) is 6.81. The van der Waals surface area contributed by atoms with Crippen LogP contribution < -0.4 is 0 Å². The van der Waals surface area contributed by atoms with E-state index in [2.05, 4.69) is 0 Å². The third-order valence-electron chi connectivity index (χ3n) is 3.30. The lowest BCUT2D eigenvalue weighted by atomic mass is 10.2. The first-order chi connectivity index (χ1) is 9.61. The predicted molar refractivity (Wildman–Crippen MR) is 77.2 cm³/mol. The Morgan fingerprint density at radius 2 is 2.05 bits per heavy atom. The highest BCUT2D eigenvalue weighted by Crippen LogP contribution is 2.19. The molecule has 0 saturated carbocycles. The van der Waals surface area contributed by atoms with Crippen LogP contribution in [0.1, 0.15) is 18.4 Å². The number of esters is 1. The molecule has 1 atom stereocenters. The van der Waals surface area contributed by atoms with Crippen LogP contribution >= 0.6 is 11.6 Å². The average molecular weight is 294 g/mol. The molecule has 0 radical (unpaired) electrons. The topological polar surface area (TPSA) is 46.6 Å². The van der Waals surface area contributed by atoms with Crippen molar-refractivity contribution in [2.24, 2.45) is 0 Å². The number of carbonyl (C=O) groups is 2. The van der Waals surface area contributed by atoms with E-state index in [9.17, 15) is 9.59 Å². The molecule has 1 amide bonds. The lowest BCUT2D eigenvalue weighted by Crippen LogP contribution is -2.40. The Labute approximate surface area is 123 Å². The molecule has 1 saturated heterocycles. The fourth-order valence-electron chi connectivity index (χ4n) is 2.25. The molecule has 1 aromatic rings. The maximum atomic E-state index is 12.1. The molecule has 1 aliphatic rings. The molecule has 0 aliphatic carbocycles. The Kier molecular flexibility index (Phi) is 4.79. The molecule has 5 heteroatoms. The summed E-state index contributed by atoms with van der Waals surface area (Å²) in [6.07, 6.45) is 4.67. The van der Waals surface area contributed by atoms with Crippen LogP contribution in [0, 0.1) is 0 Å². The summed E-state index contributed by atoms with van der Waals surface area (Å²) in [5.41, 5.74) is 0.886. The zero-order valence-electron chi connectivity index (χ0n) is 11.2. The third-order valence-corrected chi connectivity index (χ3v) is 3.55. The Morgan fingerprint density at radius 3 is 2.70 bits per heavy atom. The fraction of sp³-hybridized carbons (Fsp3) is 0.333. The van der Waals surface area contributed by atoms with E-state index in [4.69, 9.17) is 16.3 Å².